The van der Waals surface area contributed by atoms with E-state index < -0.39 is 5.97 Å². The number of amides is 1. The quantitative estimate of drug-likeness (QED) is 0.912. The number of aliphatic carboxylic acids is 1. The lowest BCUT2D eigenvalue weighted by molar-refractivity contribution is -0.141. The summed E-state index contributed by atoms with van der Waals surface area (Å²) in [6.45, 7) is 0.975. The molecule has 0 saturated carbocycles. The van der Waals surface area contributed by atoms with Gasteiger partial charge in [0.05, 0.1) is 5.92 Å². The Balaban J connectivity index is 1.55. The van der Waals surface area contributed by atoms with Crippen molar-refractivity contribution in [2.24, 2.45) is 11.8 Å². The van der Waals surface area contributed by atoms with E-state index in [2.05, 4.69) is 12.1 Å². The topological polar surface area (TPSA) is 57.6 Å². The molecule has 1 aliphatic carbocycles. The molecule has 1 heterocycles. The fourth-order valence-corrected chi connectivity index (χ4v) is 3.36. The highest BCUT2D eigenvalue weighted by Gasteiger charge is 2.32. The van der Waals surface area contributed by atoms with Crippen LogP contribution in [0.2, 0.25) is 0 Å². The lowest BCUT2D eigenvalue weighted by Gasteiger charge is -2.18. The summed E-state index contributed by atoms with van der Waals surface area (Å²) >= 11 is 0. The summed E-state index contributed by atoms with van der Waals surface area (Å²) in [5.41, 5.74) is 2.71. The number of nitrogens with zero attached hydrogens (tertiary/aromatic N) is 1. The highest BCUT2D eigenvalue weighted by Crippen LogP contribution is 2.29. The molecule has 0 bridgehead atoms. The van der Waals surface area contributed by atoms with E-state index in [0.29, 0.717) is 31.8 Å². The summed E-state index contributed by atoms with van der Waals surface area (Å²) in [6, 6.07) is 8.36. The second kappa shape index (κ2) is 5.27. The average molecular weight is 273 g/mol. The Morgan fingerprint density at radius 2 is 1.85 bits per heavy atom. The van der Waals surface area contributed by atoms with Gasteiger partial charge < -0.3 is 10.0 Å². The van der Waals surface area contributed by atoms with Gasteiger partial charge in [-0.1, -0.05) is 24.3 Å². The van der Waals surface area contributed by atoms with Crippen LogP contribution in [0.5, 0.6) is 0 Å². The smallest absolute Gasteiger partial charge is 0.308 e. The minimum Gasteiger partial charge on any atom is -0.481 e. The SMILES string of the molecule is O=C(O)[C@@H]1CCN(C(=O)CC2Cc3ccccc3C2)C1. The van der Waals surface area contributed by atoms with Crippen LogP contribution in [0.1, 0.15) is 24.0 Å². The molecular formula is C16H19NO3. The molecule has 1 fully saturated rings. The number of carbonyl (C=O) groups is 2. The Hall–Kier alpha value is -1.84. The van der Waals surface area contributed by atoms with Gasteiger partial charge in [0.15, 0.2) is 0 Å². The average Bonchev–Trinajstić information content (AvgIpc) is 3.04. The molecular weight excluding hydrogens is 254 g/mol. The van der Waals surface area contributed by atoms with Crippen molar-refractivity contribution >= 4 is 11.9 Å². The molecule has 106 valence electrons. The first-order valence-electron chi connectivity index (χ1n) is 7.21. The maximum atomic E-state index is 12.3. The van der Waals surface area contributed by atoms with Crippen molar-refractivity contribution in [1.82, 2.24) is 4.90 Å². The number of hydrogen-bond acceptors (Lipinski definition) is 2. The Morgan fingerprint density at radius 3 is 2.40 bits per heavy atom. The molecule has 1 N–H and O–H groups in total. The second-order valence-electron chi connectivity index (χ2n) is 5.91. The van der Waals surface area contributed by atoms with E-state index in [9.17, 15) is 9.59 Å². The summed E-state index contributed by atoms with van der Waals surface area (Å²) in [5, 5.41) is 8.98. The first-order valence-corrected chi connectivity index (χ1v) is 7.21. The molecule has 0 radical (unpaired) electrons. The van der Waals surface area contributed by atoms with Crippen LogP contribution in [-0.4, -0.2) is 35.0 Å². The van der Waals surface area contributed by atoms with E-state index in [1.165, 1.54) is 11.1 Å². The number of rotatable bonds is 3. The van der Waals surface area contributed by atoms with E-state index in [4.69, 9.17) is 5.11 Å². The van der Waals surface area contributed by atoms with Crippen LogP contribution >= 0.6 is 0 Å². The molecule has 3 rings (SSSR count). The summed E-state index contributed by atoms with van der Waals surface area (Å²) in [4.78, 5) is 24.9. The van der Waals surface area contributed by atoms with Gasteiger partial charge in [-0.2, -0.15) is 0 Å². The van der Waals surface area contributed by atoms with E-state index in [0.717, 1.165) is 12.8 Å². The van der Waals surface area contributed by atoms with Crippen molar-refractivity contribution in [3.8, 4) is 0 Å². The standard InChI is InChI=1S/C16H19NO3/c18-15(17-6-5-14(10-17)16(19)20)9-11-7-12-3-1-2-4-13(12)8-11/h1-4,11,14H,5-10H2,(H,19,20)/t14-/m1/s1. The lowest BCUT2D eigenvalue weighted by Crippen LogP contribution is -2.31. The molecule has 1 amide bonds. The highest BCUT2D eigenvalue weighted by molar-refractivity contribution is 5.79. The van der Waals surface area contributed by atoms with Crippen LogP contribution in [0.15, 0.2) is 24.3 Å². The maximum absolute atomic E-state index is 12.3. The van der Waals surface area contributed by atoms with Crippen molar-refractivity contribution in [2.45, 2.75) is 25.7 Å². The Morgan fingerprint density at radius 1 is 1.20 bits per heavy atom. The third-order valence-electron chi connectivity index (χ3n) is 4.49. The van der Waals surface area contributed by atoms with E-state index >= 15 is 0 Å². The van der Waals surface area contributed by atoms with Gasteiger partial charge in [0.1, 0.15) is 0 Å². The second-order valence-corrected chi connectivity index (χ2v) is 5.91. The molecule has 2 aliphatic rings. The van der Waals surface area contributed by atoms with Gasteiger partial charge in [-0.15, -0.1) is 0 Å². The zero-order chi connectivity index (χ0) is 14.1. The molecule has 1 saturated heterocycles. The van der Waals surface area contributed by atoms with Gasteiger partial charge in [0, 0.05) is 19.5 Å². The van der Waals surface area contributed by atoms with Crippen LogP contribution < -0.4 is 0 Å². The van der Waals surface area contributed by atoms with Gasteiger partial charge >= 0.3 is 5.97 Å². The van der Waals surface area contributed by atoms with Crippen molar-refractivity contribution in [2.75, 3.05) is 13.1 Å². The normalized spacial score (nSPS) is 22.0. The number of carboxylic acid groups (broad SMARTS) is 1. The predicted octanol–water partition coefficient (Wildman–Crippen LogP) is 1.72. The van der Waals surface area contributed by atoms with Gasteiger partial charge in [-0.25, -0.2) is 0 Å². The van der Waals surface area contributed by atoms with Gasteiger partial charge in [-0.05, 0) is 36.3 Å². The number of hydrogen-bond donors (Lipinski definition) is 1. The minimum absolute atomic E-state index is 0.117. The fraction of sp³-hybridized carbons (Fsp3) is 0.500. The van der Waals surface area contributed by atoms with Crippen LogP contribution in [0.3, 0.4) is 0 Å². The zero-order valence-corrected chi connectivity index (χ0v) is 11.4. The summed E-state index contributed by atoms with van der Waals surface area (Å²) < 4.78 is 0. The molecule has 0 spiro atoms. The zero-order valence-electron chi connectivity index (χ0n) is 11.4. The molecule has 1 atom stereocenters. The van der Waals surface area contributed by atoms with Crippen molar-refractivity contribution < 1.29 is 14.7 Å². The van der Waals surface area contributed by atoms with Crippen LogP contribution in [-0.2, 0) is 22.4 Å². The van der Waals surface area contributed by atoms with Crippen molar-refractivity contribution in [3.63, 3.8) is 0 Å². The van der Waals surface area contributed by atoms with Crippen molar-refractivity contribution in [1.29, 1.82) is 0 Å². The number of carboxylic acids is 1. The molecule has 1 aromatic rings. The molecule has 0 aromatic heterocycles. The van der Waals surface area contributed by atoms with Crippen LogP contribution in [0.25, 0.3) is 0 Å². The van der Waals surface area contributed by atoms with E-state index in [-0.39, 0.29) is 11.8 Å². The molecule has 4 nitrogen and oxygen atoms in total. The van der Waals surface area contributed by atoms with E-state index in [1.807, 2.05) is 12.1 Å². The van der Waals surface area contributed by atoms with Crippen LogP contribution in [0, 0.1) is 11.8 Å². The Kier molecular flexibility index (Phi) is 3.47. The summed E-state index contributed by atoms with van der Waals surface area (Å²) in [5.74, 6) is -0.663. The van der Waals surface area contributed by atoms with Gasteiger partial charge in [0.25, 0.3) is 0 Å². The third kappa shape index (κ3) is 2.55. The number of fused-ring (bicyclic) bond motifs is 1. The largest absolute Gasteiger partial charge is 0.481 e. The number of benzene rings is 1. The lowest BCUT2D eigenvalue weighted by atomic mass is 10.0. The van der Waals surface area contributed by atoms with E-state index in [1.54, 1.807) is 4.90 Å². The Labute approximate surface area is 118 Å². The summed E-state index contributed by atoms with van der Waals surface area (Å²) in [7, 11) is 0. The first kappa shape index (κ1) is 13.2. The predicted molar refractivity (Wildman–Crippen MR) is 74.3 cm³/mol. The maximum Gasteiger partial charge on any atom is 0.308 e. The minimum atomic E-state index is -0.784. The highest BCUT2D eigenvalue weighted by atomic mass is 16.4. The molecule has 20 heavy (non-hydrogen) atoms. The molecule has 1 aromatic carbocycles. The fourth-order valence-electron chi connectivity index (χ4n) is 3.36. The summed E-state index contributed by atoms with van der Waals surface area (Å²) in [6.07, 6.45) is 3.07. The molecule has 1 aliphatic heterocycles. The monoisotopic (exact) mass is 273 g/mol. The van der Waals surface area contributed by atoms with Gasteiger partial charge in [-0.3, -0.25) is 9.59 Å². The molecule has 0 unspecified atom stereocenters. The third-order valence-corrected chi connectivity index (χ3v) is 4.49. The first-order chi connectivity index (χ1) is 9.63. The number of likely N-dealkylation sites (tertiary alicyclic amines) is 1. The van der Waals surface area contributed by atoms with Crippen LogP contribution in [0.4, 0.5) is 0 Å². The number of carbonyl (C=O) groups excluding carboxylic acids is 1. The van der Waals surface area contributed by atoms with Gasteiger partial charge in [0.2, 0.25) is 5.91 Å². The van der Waals surface area contributed by atoms with Crippen molar-refractivity contribution in [3.05, 3.63) is 35.4 Å². The Bertz CT molecular complexity index is 515. The molecule has 4 heteroatoms.